The minimum atomic E-state index is 0.908. The van der Waals surface area contributed by atoms with Crippen molar-refractivity contribution in [3.05, 3.63) is 170 Å². The van der Waals surface area contributed by atoms with E-state index in [0.717, 1.165) is 22.1 Å². The minimum absolute atomic E-state index is 0.908. The van der Waals surface area contributed by atoms with Crippen molar-refractivity contribution >= 4 is 85.8 Å². The molecular weight excluding hydrogens is 601 g/mol. The predicted molar refractivity (Wildman–Crippen MR) is 208 cm³/mol. The quantitative estimate of drug-likeness (QED) is 0.186. The molecule has 10 rings (SSSR count). The van der Waals surface area contributed by atoms with E-state index in [-0.39, 0.29) is 0 Å². The maximum atomic E-state index is 6.80. The van der Waals surface area contributed by atoms with Crippen LogP contribution in [0.4, 0.5) is 0 Å². The Morgan fingerprint density at radius 1 is 0.375 bits per heavy atom. The summed E-state index contributed by atoms with van der Waals surface area (Å²) in [5.74, 6) is 0. The number of benzene rings is 7. The average molecular weight is 629 g/mol. The molecule has 0 spiro atoms. The van der Waals surface area contributed by atoms with Crippen LogP contribution >= 0.6 is 11.3 Å². The van der Waals surface area contributed by atoms with Crippen molar-refractivity contribution in [1.82, 2.24) is 0 Å². The van der Waals surface area contributed by atoms with Crippen molar-refractivity contribution in [2.45, 2.75) is 0 Å². The standard InChI is InChI=1S/C46H28OS/c1-2-4-16-34(36-18-8-7-17-35(36)33(15-3-1)31-24-23-29-13-5-6-14-30(29)27-31)32-25-26-41-40(28-32)43-37-19-9-10-20-38(37)46-44(45(43)47-41)39-21-11-12-22-42(39)48-46/h1-28H. The fourth-order valence-corrected chi connectivity index (χ4v) is 8.73. The van der Waals surface area contributed by atoms with Gasteiger partial charge in [-0.15, -0.1) is 11.3 Å². The number of hydrogen-bond donors (Lipinski definition) is 0. The molecule has 0 unspecified atom stereocenters. The molecule has 0 atom stereocenters. The fraction of sp³-hybridized carbons (Fsp3) is 0. The Bertz CT molecular complexity index is 2960. The second-order valence-corrected chi connectivity index (χ2v) is 13.5. The van der Waals surface area contributed by atoms with Crippen molar-refractivity contribution in [3.63, 3.8) is 0 Å². The molecule has 0 radical (unpaired) electrons. The molecule has 48 heavy (non-hydrogen) atoms. The molecule has 224 valence electrons. The molecule has 0 saturated heterocycles. The smallest absolute Gasteiger partial charge is 0.145 e. The molecule has 8 aromatic carbocycles. The normalized spacial score (nSPS) is 11.8. The van der Waals surface area contributed by atoms with E-state index in [1.165, 1.54) is 74.6 Å². The Morgan fingerprint density at radius 2 is 0.958 bits per heavy atom. The van der Waals surface area contributed by atoms with Gasteiger partial charge in [0.2, 0.25) is 0 Å². The van der Waals surface area contributed by atoms with Gasteiger partial charge < -0.3 is 4.42 Å². The molecule has 0 saturated carbocycles. The monoisotopic (exact) mass is 628 g/mol. The van der Waals surface area contributed by atoms with Gasteiger partial charge in [-0.05, 0) is 73.5 Å². The fourth-order valence-electron chi connectivity index (χ4n) is 7.49. The lowest BCUT2D eigenvalue weighted by Gasteiger charge is -2.10. The van der Waals surface area contributed by atoms with Crippen LogP contribution in [0.3, 0.4) is 0 Å². The third kappa shape index (κ3) is 4.17. The van der Waals surface area contributed by atoms with E-state index in [9.17, 15) is 0 Å². The van der Waals surface area contributed by atoms with Gasteiger partial charge in [-0.25, -0.2) is 0 Å². The minimum Gasteiger partial charge on any atom is -0.455 e. The van der Waals surface area contributed by atoms with Gasteiger partial charge in [-0.1, -0.05) is 146 Å². The Labute approximate surface area is 281 Å². The Balaban J connectivity index is 1.29. The average Bonchev–Trinajstić information content (AvgIpc) is 3.72. The molecule has 0 amide bonds. The van der Waals surface area contributed by atoms with Gasteiger partial charge in [0.25, 0.3) is 0 Å². The third-order valence-corrected chi connectivity index (χ3v) is 10.9. The molecule has 2 heterocycles. The maximum absolute atomic E-state index is 6.80. The first-order valence-corrected chi connectivity index (χ1v) is 17.2. The molecule has 0 fully saturated rings. The van der Waals surface area contributed by atoms with Gasteiger partial charge in [0.15, 0.2) is 0 Å². The van der Waals surface area contributed by atoms with Crippen LogP contribution in [0.5, 0.6) is 0 Å². The molecule has 10 aromatic rings. The van der Waals surface area contributed by atoms with E-state index in [0.29, 0.717) is 0 Å². The summed E-state index contributed by atoms with van der Waals surface area (Å²) < 4.78 is 9.37. The number of furan rings is 1. The van der Waals surface area contributed by atoms with E-state index in [1.807, 2.05) is 11.3 Å². The third-order valence-electron chi connectivity index (χ3n) is 9.69. The molecule has 0 aliphatic heterocycles. The largest absolute Gasteiger partial charge is 0.455 e. The summed E-state index contributed by atoms with van der Waals surface area (Å²) in [6.07, 6.45) is 0. The first-order chi connectivity index (χ1) is 23.8. The molecular formula is C46H28OS. The number of thiophene rings is 1. The molecule has 2 aromatic heterocycles. The topological polar surface area (TPSA) is 13.1 Å². The zero-order chi connectivity index (χ0) is 31.6. The molecule has 1 nitrogen and oxygen atoms in total. The van der Waals surface area contributed by atoms with Gasteiger partial charge >= 0.3 is 0 Å². The first kappa shape index (κ1) is 27.2. The van der Waals surface area contributed by atoms with Crippen LogP contribution in [0.15, 0.2) is 174 Å². The van der Waals surface area contributed by atoms with Crippen LogP contribution in [0.2, 0.25) is 0 Å². The summed E-state index contributed by atoms with van der Waals surface area (Å²) in [5.41, 5.74) is 6.60. The van der Waals surface area contributed by atoms with Crippen molar-refractivity contribution in [1.29, 1.82) is 0 Å². The van der Waals surface area contributed by atoms with Gasteiger partial charge in [0.05, 0.1) is 0 Å². The van der Waals surface area contributed by atoms with E-state index < -0.39 is 0 Å². The summed E-state index contributed by atoms with van der Waals surface area (Å²) in [6, 6.07) is 61.3. The summed E-state index contributed by atoms with van der Waals surface area (Å²) in [4.78, 5) is 0. The van der Waals surface area contributed by atoms with Gasteiger partial charge in [0.1, 0.15) is 11.2 Å². The number of rotatable bonds is 2. The summed E-state index contributed by atoms with van der Waals surface area (Å²) in [7, 11) is 0. The molecule has 0 aliphatic carbocycles. The van der Waals surface area contributed by atoms with Crippen LogP contribution < -0.4 is 0 Å². The Morgan fingerprint density at radius 3 is 1.73 bits per heavy atom. The van der Waals surface area contributed by atoms with E-state index in [1.54, 1.807) is 0 Å². The number of hydrogen-bond acceptors (Lipinski definition) is 2. The van der Waals surface area contributed by atoms with Crippen molar-refractivity contribution < 1.29 is 4.42 Å². The zero-order valence-electron chi connectivity index (χ0n) is 26.0. The second kappa shape index (κ2) is 10.8. The summed E-state index contributed by atoms with van der Waals surface area (Å²) in [6.45, 7) is 0. The van der Waals surface area contributed by atoms with Gasteiger partial charge in [-0.3, -0.25) is 0 Å². The van der Waals surface area contributed by atoms with E-state index >= 15 is 0 Å². The Hall–Kier alpha value is -5.96. The zero-order valence-corrected chi connectivity index (χ0v) is 26.8. The first-order valence-electron chi connectivity index (χ1n) is 16.3. The van der Waals surface area contributed by atoms with Gasteiger partial charge in [-0.2, -0.15) is 0 Å². The highest BCUT2D eigenvalue weighted by Gasteiger charge is 2.20. The molecule has 0 bridgehead atoms. The molecule has 0 N–H and O–H groups in total. The van der Waals surface area contributed by atoms with Crippen molar-refractivity contribution in [2.24, 2.45) is 0 Å². The summed E-state index contributed by atoms with van der Waals surface area (Å²) >= 11 is 1.85. The molecule has 0 aliphatic rings. The number of fused-ring (bicyclic) bond motifs is 12. The maximum Gasteiger partial charge on any atom is 0.145 e. The lowest BCUT2D eigenvalue weighted by atomic mass is 9.93. The highest BCUT2D eigenvalue weighted by atomic mass is 32.1. The highest BCUT2D eigenvalue weighted by Crippen LogP contribution is 2.47. The lowest BCUT2D eigenvalue weighted by molar-refractivity contribution is 0.673. The SMILES string of the molecule is c1cccc(-c2ccc3oc4c(c3c2)c2ccccc2c2sc3ccccc3c42)c2ccccc2c(-c2ccc3ccccc3c2)cc1. The predicted octanol–water partition coefficient (Wildman–Crippen LogP) is 13.9. The summed E-state index contributed by atoms with van der Waals surface area (Å²) in [5, 5.41) is 12.2. The Kier molecular flexibility index (Phi) is 6.12. The van der Waals surface area contributed by atoms with Crippen LogP contribution in [-0.4, -0.2) is 0 Å². The molecule has 2 heteroatoms. The lowest BCUT2D eigenvalue weighted by Crippen LogP contribution is -1.84. The second-order valence-electron chi connectivity index (χ2n) is 12.4. The van der Waals surface area contributed by atoms with Crippen LogP contribution in [0.25, 0.3) is 96.7 Å². The highest BCUT2D eigenvalue weighted by molar-refractivity contribution is 7.27. The van der Waals surface area contributed by atoms with E-state index in [2.05, 4.69) is 170 Å². The van der Waals surface area contributed by atoms with Crippen molar-refractivity contribution in [3.8, 4) is 22.3 Å². The van der Waals surface area contributed by atoms with E-state index in [4.69, 9.17) is 4.42 Å². The van der Waals surface area contributed by atoms with Crippen LogP contribution in [0.1, 0.15) is 0 Å². The van der Waals surface area contributed by atoms with Crippen LogP contribution in [-0.2, 0) is 0 Å². The van der Waals surface area contributed by atoms with Gasteiger partial charge in [0, 0.05) is 36.3 Å². The van der Waals surface area contributed by atoms with Crippen LogP contribution in [0, 0.1) is 0 Å². The van der Waals surface area contributed by atoms with Crippen molar-refractivity contribution in [2.75, 3.05) is 0 Å².